The number of rotatable bonds is 5. The Bertz CT molecular complexity index is 1010. The van der Waals surface area contributed by atoms with E-state index >= 15 is 0 Å². The van der Waals surface area contributed by atoms with Crippen molar-refractivity contribution in [3.63, 3.8) is 0 Å². The number of fused-ring (bicyclic) bond motifs is 1. The lowest BCUT2D eigenvalue weighted by atomic mass is 9.94. The Morgan fingerprint density at radius 3 is 2.07 bits per heavy atom. The number of carbonyl (C=O) groups is 1. The largest absolute Gasteiger partial charge is 0.480 e. The van der Waals surface area contributed by atoms with Crippen LogP contribution in [0.15, 0.2) is 78.0 Å². The minimum absolute atomic E-state index is 0.562. The number of imidazole rings is 1. The van der Waals surface area contributed by atoms with Gasteiger partial charge in [-0.1, -0.05) is 72.4 Å². The van der Waals surface area contributed by atoms with E-state index in [1.807, 2.05) is 36.4 Å². The van der Waals surface area contributed by atoms with Crippen LogP contribution >= 0.6 is 11.8 Å². The van der Waals surface area contributed by atoms with E-state index in [1.165, 1.54) is 11.8 Å². The minimum atomic E-state index is -0.851. The zero-order valence-corrected chi connectivity index (χ0v) is 15.5. The molecular weight excluding hydrogens is 356 g/mol. The maximum atomic E-state index is 11.1. The lowest BCUT2D eigenvalue weighted by Crippen LogP contribution is -2.11. The van der Waals surface area contributed by atoms with E-state index in [9.17, 15) is 4.79 Å². The van der Waals surface area contributed by atoms with Gasteiger partial charge in [-0.3, -0.25) is 4.79 Å². The Morgan fingerprint density at radius 1 is 0.963 bits per heavy atom. The third-order valence-corrected chi connectivity index (χ3v) is 5.38. The summed E-state index contributed by atoms with van der Waals surface area (Å²) >= 11 is 1.21. The lowest BCUT2D eigenvalue weighted by Gasteiger charge is -2.10. The molecule has 0 spiro atoms. The maximum Gasteiger partial charge on any atom is 0.316 e. The van der Waals surface area contributed by atoms with E-state index in [-0.39, 0.29) is 0 Å². The van der Waals surface area contributed by atoms with Gasteiger partial charge < -0.3 is 10.1 Å². The monoisotopic (exact) mass is 374 g/mol. The first kappa shape index (κ1) is 17.4. The molecule has 3 aromatic carbocycles. The summed E-state index contributed by atoms with van der Waals surface area (Å²) in [7, 11) is 0. The average Bonchev–Trinajstić information content (AvgIpc) is 3.09. The number of hydrogen-bond acceptors (Lipinski definition) is 3. The van der Waals surface area contributed by atoms with E-state index in [0.29, 0.717) is 5.16 Å². The van der Waals surface area contributed by atoms with E-state index in [4.69, 9.17) is 5.11 Å². The Kier molecular flexibility index (Phi) is 4.69. The van der Waals surface area contributed by atoms with Gasteiger partial charge in [-0.05, 0) is 41.3 Å². The number of carboxylic acid groups (broad SMARTS) is 1. The highest BCUT2D eigenvalue weighted by Crippen LogP contribution is 2.36. The number of benzene rings is 3. The zero-order valence-electron chi connectivity index (χ0n) is 14.7. The Morgan fingerprint density at radius 2 is 1.52 bits per heavy atom. The molecule has 2 N–H and O–H groups in total. The predicted molar refractivity (Wildman–Crippen MR) is 110 cm³/mol. The summed E-state index contributed by atoms with van der Waals surface area (Å²) in [6.07, 6.45) is 0. The highest BCUT2D eigenvalue weighted by molar-refractivity contribution is 8.00. The normalized spacial score (nSPS) is 12.2. The molecule has 0 fully saturated rings. The van der Waals surface area contributed by atoms with Gasteiger partial charge in [0.15, 0.2) is 5.16 Å². The summed E-state index contributed by atoms with van der Waals surface area (Å²) in [5.74, 6) is -0.851. The number of aromatic nitrogens is 2. The van der Waals surface area contributed by atoms with Crippen molar-refractivity contribution in [2.75, 3.05) is 0 Å². The first-order valence-electron chi connectivity index (χ1n) is 8.66. The topological polar surface area (TPSA) is 66.0 Å². The number of thioether (sulfide) groups is 1. The first-order chi connectivity index (χ1) is 13.1. The number of carboxylic acids is 1. The zero-order chi connectivity index (χ0) is 18.8. The predicted octanol–water partition coefficient (Wildman–Crippen LogP) is 5.46. The van der Waals surface area contributed by atoms with Crippen LogP contribution in [0.25, 0.3) is 33.3 Å². The summed E-state index contributed by atoms with van der Waals surface area (Å²) in [6, 6.07) is 24.6. The molecule has 0 aliphatic heterocycles. The first-order valence-corrected chi connectivity index (χ1v) is 9.54. The molecule has 4 rings (SSSR count). The summed E-state index contributed by atoms with van der Waals surface area (Å²) in [5, 5.41) is 9.19. The van der Waals surface area contributed by atoms with Crippen molar-refractivity contribution in [3.05, 3.63) is 72.8 Å². The van der Waals surface area contributed by atoms with Gasteiger partial charge in [0.05, 0.1) is 11.0 Å². The van der Waals surface area contributed by atoms with Crippen molar-refractivity contribution in [1.82, 2.24) is 9.97 Å². The van der Waals surface area contributed by atoms with E-state index < -0.39 is 11.2 Å². The van der Waals surface area contributed by atoms with Crippen LogP contribution in [-0.2, 0) is 4.79 Å². The molecule has 1 atom stereocenters. The molecule has 4 aromatic rings. The fourth-order valence-corrected chi connectivity index (χ4v) is 3.78. The van der Waals surface area contributed by atoms with Crippen LogP contribution in [0, 0.1) is 0 Å². The van der Waals surface area contributed by atoms with Crippen LogP contribution < -0.4 is 0 Å². The number of nitrogens with one attached hydrogen (secondary N) is 1. The second kappa shape index (κ2) is 7.29. The van der Waals surface area contributed by atoms with Crippen molar-refractivity contribution in [1.29, 1.82) is 0 Å². The van der Waals surface area contributed by atoms with Gasteiger partial charge in [-0.2, -0.15) is 0 Å². The van der Waals surface area contributed by atoms with Gasteiger partial charge in [0, 0.05) is 0 Å². The maximum absolute atomic E-state index is 11.1. The molecule has 0 bridgehead atoms. The number of aliphatic carboxylic acids is 1. The number of hydrogen-bond donors (Lipinski definition) is 2. The molecule has 0 radical (unpaired) electrons. The molecule has 0 saturated carbocycles. The lowest BCUT2D eigenvalue weighted by molar-refractivity contribution is -0.136. The molecule has 0 aliphatic carbocycles. The second-order valence-corrected chi connectivity index (χ2v) is 7.62. The fourth-order valence-electron chi connectivity index (χ4n) is 3.02. The molecular formula is C22H18N2O2S. The molecule has 0 amide bonds. The third-order valence-electron chi connectivity index (χ3n) is 4.41. The van der Waals surface area contributed by atoms with Crippen LogP contribution in [0.1, 0.15) is 6.92 Å². The molecule has 1 heterocycles. The van der Waals surface area contributed by atoms with Crippen LogP contribution in [0.3, 0.4) is 0 Å². The fraction of sp³-hybridized carbons (Fsp3) is 0.0909. The van der Waals surface area contributed by atoms with Gasteiger partial charge in [-0.15, -0.1) is 0 Å². The van der Waals surface area contributed by atoms with Crippen LogP contribution in [0.4, 0.5) is 0 Å². The van der Waals surface area contributed by atoms with Crippen molar-refractivity contribution in [2.45, 2.75) is 17.3 Å². The second-order valence-electron chi connectivity index (χ2n) is 6.29. The van der Waals surface area contributed by atoms with Crippen molar-refractivity contribution < 1.29 is 9.90 Å². The third kappa shape index (κ3) is 3.59. The van der Waals surface area contributed by atoms with Gasteiger partial charge >= 0.3 is 5.97 Å². The molecule has 1 aromatic heterocycles. The summed E-state index contributed by atoms with van der Waals surface area (Å²) in [6.45, 7) is 1.66. The summed E-state index contributed by atoms with van der Waals surface area (Å²) in [4.78, 5) is 19.0. The summed E-state index contributed by atoms with van der Waals surface area (Å²) in [5.41, 5.74) is 6.18. The van der Waals surface area contributed by atoms with Gasteiger partial charge in [0.2, 0.25) is 0 Å². The molecule has 0 aliphatic rings. The molecule has 0 unspecified atom stereocenters. The van der Waals surface area contributed by atoms with Crippen LogP contribution in [0.5, 0.6) is 0 Å². The molecule has 27 heavy (non-hydrogen) atoms. The van der Waals surface area contributed by atoms with Crippen molar-refractivity contribution in [3.8, 4) is 22.3 Å². The molecule has 134 valence electrons. The minimum Gasteiger partial charge on any atom is -0.480 e. The Hall–Kier alpha value is -3.05. The standard InChI is InChI=1S/C22H18N2O2S/c1-14(21(25)26)27-22-23-19-12-17(15-8-4-2-5-9-15)18(13-20(19)24-22)16-10-6-3-7-11-16/h2-14H,1H3,(H,23,24)(H,25,26)/t14-/m0/s1. The number of aromatic amines is 1. The Labute approximate surface area is 161 Å². The van der Waals surface area contributed by atoms with Gasteiger partial charge in [0.1, 0.15) is 5.25 Å². The van der Waals surface area contributed by atoms with Gasteiger partial charge in [-0.25, -0.2) is 4.98 Å². The molecule has 5 heteroatoms. The summed E-state index contributed by atoms with van der Waals surface area (Å²) < 4.78 is 0. The number of H-pyrrole nitrogens is 1. The van der Waals surface area contributed by atoms with E-state index in [2.05, 4.69) is 46.4 Å². The molecule has 0 saturated heterocycles. The van der Waals surface area contributed by atoms with Crippen molar-refractivity contribution in [2.24, 2.45) is 0 Å². The highest BCUT2D eigenvalue weighted by atomic mass is 32.2. The highest BCUT2D eigenvalue weighted by Gasteiger charge is 2.17. The van der Waals surface area contributed by atoms with Crippen molar-refractivity contribution >= 4 is 28.8 Å². The van der Waals surface area contributed by atoms with E-state index in [0.717, 1.165) is 33.3 Å². The van der Waals surface area contributed by atoms with E-state index in [1.54, 1.807) is 6.92 Å². The Balaban J connectivity index is 1.87. The average molecular weight is 374 g/mol. The smallest absolute Gasteiger partial charge is 0.316 e. The molecule has 4 nitrogen and oxygen atoms in total. The van der Waals surface area contributed by atoms with Gasteiger partial charge in [0.25, 0.3) is 0 Å². The van der Waals surface area contributed by atoms with Crippen LogP contribution in [-0.4, -0.2) is 26.3 Å². The quantitative estimate of drug-likeness (QED) is 0.455. The number of nitrogens with zero attached hydrogens (tertiary/aromatic N) is 1. The SMILES string of the molecule is C[C@H](Sc1nc2cc(-c3ccccc3)c(-c3ccccc3)cc2[nH]1)C(=O)O. The van der Waals surface area contributed by atoms with Crippen LogP contribution in [0.2, 0.25) is 0 Å².